The molecule has 0 spiro atoms. The number of carbonyl (C=O) groups is 2. The molecule has 0 aliphatic carbocycles. The summed E-state index contributed by atoms with van der Waals surface area (Å²) in [7, 11) is 0. The molecule has 80 valence electrons. The number of carbonyl (C=O) groups excluding carboxylic acids is 1. The summed E-state index contributed by atoms with van der Waals surface area (Å²) in [5, 5.41) is 11.3. The summed E-state index contributed by atoms with van der Waals surface area (Å²) >= 11 is 0. The molecule has 0 aromatic rings. The predicted octanol–water partition coefficient (Wildman–Crippen LogP) is 1.32. The summed E-state index contributed by atoms with van der Waals surface area (Å²) in [4.78, 5) is 21.6. The van der Waals surface area contributed by atoms with E-state index in [2.05, 4.69) is 11.9 Å². The Morgan fingerprint density at radius 1 is 1.57 bits per heavy atom. The van der Waals surface area contributed by atoms with Gasteiger partial charge in [0.05, 0.1) is 6.42 Å². The van der Waals surface area contributed by atoms with Crippen LogP contribution in [0, 0.1) is 0 Å². The number of carboxylic acid groups (broad SMARTS) is 1. The summed E-state index contributed by atoms with van der Waals surface area (Å²) in [6.45, 7) is 7.00. The number of carboxylic acids is 1. The number of rotatable bonds is 6. The Balaban J connectivity index is 4.44. The molecule has 0 rings (SSSR count). The molecule has 0 radical (unpaired) electrons. The average Bonchev–Trinajstić information content (AvgIpc) is 2.02. The summed E-state index contributed by atoms with van der Waals surface area (Å²) in [6, 6.07) is 0. The molecule has 0 aromatic heterocycles. The maximum atomic E-state index is 11.1. The van der Waals surface area contributed by atoms with E-state index < -0.39 is 11.5 Å². The number of amides is 1. The van der Waals surface area contributed by atoms with Gasteiger partial charge in [-0.15, -0.1) is 0 Å². The van der Waals surface area contributed by atoms with Crippen LogP contribution in [0.4, 0.5) is 0 Å². The van der Waals surface area contributed by atoms with Crippen LogP contribution in [0.1, 0.15) is 33.1 Å². The second kappa shape index (κ2) is 5.42. The van der Waals surface area contributed by atoms with Crippen LogP contribution in [0.25, 0.3) is 0 Å². The fraction of sp³-hybridized carbons (Fsp3) is 0.600. The number of aliphatic carboxylic acids is 1. The van der Waals surface area contributed by atoms with E-state index in [1.807, 2.05) is 6.92 Å². The van der Waals surface area contributed by atoms with E-state index in [0.29, 0.717) is 6.42 Å². The third-order valence-corrected chi connectivity index (χ3v) is 1.95. The van der Waals surface area contributed by atoms with Crippen LogP contribution in [0.2, 0.25) is 0 Å². The van der Waals surface area contributed by atoms with Crippen molar-refractivity contribution in [1.29, 1.82) is 0 Å². The Morgan fingerprint density at radius 3 is 2.50 bits per heavy atom. The SMILES string of the molecule is C=CC(=O)NC(C)(CCC)CC(=O)O. The van der Waals surface area contributed by atoms with Gasteiger partial charge < -0.3 is 10.4 Å². The van der Waals surface area contributed by atoms with Gasteiger partial charge in [0.15, 0.2) is 0 Å². The molecule has 2 N–H and O–H groups in total. The van der Waals surface area contributed by atoms with E-state index in [0.717, 1.165) is 12.5 Å². The molecule has 0 aliphatic heterocycles. The van der Waals surface area contributed by atoms with Gasteiger partial charge in [0.2, 0.25) is 5.91 Å². The van der Waals surface area contributed by atoms with Crippen molar-refractivity contribution in [3.05, 3.63) is 12.7 Å². The molecule has 1 amide bonds. The molecule has 14 heavy (non-hydrogen) atoms. The van der Waals surface area contributed by atoms with Gasteiger partial charge in [-0.1, -0.05) is 19.9 Å². The minimum atomic E-state index is -0.912. The number of nitrogens with one attached hydrogen (secondary N) is 1. The van der Waals surface area contributed by atoms with Gasteiger partial charge in [-0.05, 0) is 19.4 Å². The van der Waals surface area contributed by atoms with Crippen molar-refractivity contribution in [1.82, 2.24) is 5.32 Å². The quantitative estimate of drug-likeness (QED) is 0.634. The van der Waals surface area contributed by atoms with E-state index >= 15 is 0 Å². The Hall–Kier alpha value is -1.32. The first-order valence-electron chi connectivity index (χ1n) is 4.60. The Labute approximate surface area is 84.0 Å². The molecule has 0 heterocycles. The molecular weight excluding hydrogens is 182 g/mol. The lowest BCUT2D eigenvalue weighted by molar-refractivity contribution is -0.138. The van der Waals surface area contributed by atoms with Crippen molar-refractivity contribution in [2.75, 3.05) is 0 Å². The third-order valence-electron chi connectivity index (χ3n) is 1.95. The minimum Gasteiger partial charge on any atom is -0.481 e. The Morgan fingerprint density at radius 2 is 2.14 bits per heavy atom. The summed E-state index contributed by atoms with van der Waals surface area (Å²) < 4.78 is 0. The molecule has 1 unspecified atom stereocenters. The van der Waals surface area contributed by atoms with E-state index in [1.165, 1.54) is 0 Å². The average molecular weight is 199 g/mol. The fourth-order valence-corrected chi connectivity index (χ4v) is 1.43. The highest BCUT2D eigenvalue weighted by Gasteiger charge is 2.27. The number of hydrogen-bond acceptors (Lipinski definition) is 2. The lowest BCUT2D eigenvalue weighted by Crippen LogP contribution is -2.46. The van der Waals surface area contributed by atoms with E-state index in [4.69, 9.17) is 5.11 Å². The smallest absolute Gasteiger partial charge is 0.305 e. The van der Waals surface area contributed by atoms with Crippen LogP contribution in [0.15, 0.2) is 12.7 Å². The monoisotopic (exact) mass is 199 g/mol. The molecular formula is C10H17NO3. The van der Waals surface area contributed by atoms with Crippen molar-refractivity contribution in [2.45, 2.75) is 38.6 Å². The summed E-state index contributed by atoms with van der Waals surface area (Å²) in [5.74, 6) is -1.24. The maximum absolute atomic E-state index is 11.1. The van der Waals surface area contributed by atoms with Crippen LogP contribution in [0.5, 0.6) is 0 Å². The first-order chi connectivity index (χ1) is 6.43. The largest absolute Gasteiger partial charge is 0.481 e. The highest BCUT2D eigenvalue weighted by atomic mass is 16.4. The summed E-state index contributed by atoms with van der Waals surface area (Å²) in [6.07, 6.45) is 2.54. The van der Waals surface area contributed by atoms with Crippen molar-refractivity contribution < 1.29 is 14.7 Å². The molecule has 0 bridgehead atoms. The Bertz CT molecular complexity index is 238. The zero-order valence-electron chi connectivity index (χ0n) is 8.67. The topological polar surface area (TPSA) is 66.4 Å². The molecule has 0 saturated carbocycles. The zero-order chi connectivity index (χ0) is 11.2. The van der Waals surface area contributed by atoms with Gasteiger partial charge in [0.1, 0.15) is 0 Å². The number of hydrogen-bond donors (Lipinski definition) is 2. The van der Waals surface area contributed by atoms with Gasteiger partial charge >= 0.3 is 5.97 Å². The standard InChI is InChI=1S/C10H17NO3/c1-4-6-10(3,7-9(13)14)11-8(12)5-2/h5H,2,4,6-7H2,1,3H3,(H,11,12)(H,13,14). The molecule has 0 fully saturated rings. The predicted molar refractivity (Wildman–Crippen MR) is 53.9 cm³/mol. The van der Waals surface area contributed by atoms with Gasteiger partial charge in [-0.25, -0.2) is 0 Å². The molecule has 0 aromatic carbocycles. The van der Waals surface area contributed by atoms with Crippen LogP contribution in [-0.2, 0) is 9.59 Å². The maximum Gasteiger partial charge on any atom is 0.305 e. The third kappa shape index (κ3) is 4.64. The first-order valence-corrected chi connectivity index (χ1v) is 4.60. The van der Waals surface area contributed by atoms with Gasteiger partial charge in [-0.3, -0.25) is 9.59 Å². The zero-order valence-corrected chi connectivity index (χ0v) is 8.67. The van der Waals surface area contributed by atoms with Crippen LogP contribution < -0.4 is 5.32 Å². The van der Waals surface area contributed by atoms with Crippen molar-refractivity contribution >= 4 is 11.9 Å². The minimum absolute atomic E-state index is 0.0690. The molecule has 4 heteroatoms. The fourth-order valence-electron chi connectivity index (χ4n) is 1.43. The van der Waals surface area contributed by atoms with Gasteiger partial charge in [-0.2, -0.15) is 0 Å². The normalized spacial score (nSPS) is 14.1. The molecule has 4 nitrogen and oxygen atoms in total. The molecule has 1 atom stereocenters. The van der Waals surface area contributed by atoms with E-state index in [1.54, 1.807) is 6.92 Å². The highest BCUT2D eigenvalue weighted by molar-refractivity contribution is 5.88. The lowest BCUT2D eigenvalue weighted by atomic mass is 9.92. The Kier molecular flexibility index (Phi) is 4.91. The van der Waals surface area contributed by atoms with Crippen molar-refractivity contribution in [2.24, 2.45) is 0 Å². The molecule has 0 aliphatic rings. The first kappa shape index (κ1) is 12.7. The molecule has 0 saturated heterocycles. The van der Waals surface area contributed by atoms with E-state index in [-0.39, 0.29) is 12.3 Å². The second-order valence-electron chi connectivity index (χ2n) is 3.57. The van der Waals surface area contributed by atoms with Crippen LogP contribution in [0.3, 0.4) is 0 Å². The van der Waals surface area contributed by atoms with Gasteiger partial charge in [0, 0.05) is 5.54 Å². The van der Waals surface area contributed by atoms with Crippen LogP contribution >= 0.6 is 0 Å². The highest BCUT2D eigenvalue weighted by Crippen LogP contribution is 2.16. The van der Waals surface area contributed by atoms with Crippen LogP contribution in [-0.4, -0.2) is 22.5 Å². The second-order valence-corrected chi connectivity index (χ2v) is 3.57. The lowest BCUT2D eigenvalue weighted by Gasteiger charge is -2.28. The van der Waals surface area contributed by atoms with Crippen molar-refractivity contribution in [3.8, 4) is 0 Å². The van der Waals surface area contributed by atoms with E-state index in [9.17, 15) is 9.59 Å². The van der Waals surface area contributed by atoms with Gasteiger partial charge in [0.25, 0.3) is 0 Å². The summed E-state index contributed by atoms with van der Waals surface area (Å²) in [5.41, 5.74) is -0.675. The van der Waals surface area contributed by atoms with Crippen molar-refractivity contribution in [3.63, 3.8) is 0 Å².